The minimum atomic E-state index is -1.22. The van der Waals surface area contributed by atoms with Crippen molar-refractivity contribution in [3.05, 3.63) is 36.0 Å². The minimum absolute atomic E-state index is 0.236. The molecule has 0 aliphatic carbocycles. The Kier molecular flexibility index (Phi) is 1.97. The SMILES string of the molecule is C=CC(=O)N1C=C=C=C1C(=O)O. The molecular formula is C8H5NO3. The number of carboxylic acid groups (broad SMARTS) is 1. The summed E-state index contributed by atoms with van der Waals surface area (Å²) >= 11 is 0. The average Bonchev–Trinajstić information content (AvgIpc) is 2.50. The van der Waals surface area contributed by atoms with Gasteiger partial charge in [-0.1, -0.05) is 6.58 Å². The smallest absolute Gasteiger partial charge is 0.361 e. The highest BCUT2D eigenvalue weighted by molar-refractivity contribution is 5.97. The number of rotatable bonds is 2. The number of aliphatic carboxylic acids is 1. The molecule has 0 saturated heterocycles. The molecule has 60 valence electrons. The van der Waals surface area contributed by atoms with E-state index in [-0.39, 0.29) is 5.70 Å². The van der Waals surface area contributed by atoms with E-state index in [0.717, 1.165) is 11.0 Å². The van der Waals surface area contributed by atoms with Crippen LogP contribution in [0, 0.1) is 0 Å². The Bertz CT molecular complexity index is 354. The number of hydrogen-bond acceptors (Lipinski definition) is 2. The van der Waals surface area contributed by atoms with Gasteiger partial charge in [-0.3, -0.25) is 9.69 Å². The number of amides is 1. The number of carbonyl (C=O) groups is 2. The predicted octanol–water partition coefficient (Wildman–Crippen LogP) is 0.251. The third-order valence-electron chi connectivity index (χ3n) is 1.24. The Labute approximate surface area is 68.4 Å². The topological polar surface area (TPSA) is 57.6 Å². The molecule has 0 fully saturated rings. The molecule has 4 heteroatoms. The van der Waals surface area contributed by atoms with Gasteiger partial charge in [0.15, 0.2) is 5.70 Å². The second kappa shape index (κ2) is 2.93. The standard InChI is InChI=1S/C8H5NO3/c1-2-7(10)9-5-3-4-6(9)8(11)12/h2,5H,1H2,(H,11,12). The highest BCUT2D eigenvalue weighted by Gasteiger charge is 2.20. The Morgan fingerprint density at radius 1 is 1.67 bits per heavy atom. The van der Waals surface area contributed by atoms with Crippen LogP contribution in [0.3, 0.4) is 0 Å². The average molecular weight is 163 g/mol. The summed E-state index contributed by atoms with van der Waals surface area (Å²) in [6, 6.07) is 0. The summed E-state index contributed by atoms with van der Waals surface area (Å²) in [4.78, 5) is 22.3. The first-order valence-electron chi connectivity index (χ1n) is 3.07. The molecule has 0 unspecified atom stereocenters. The largest absolute Gasteiger partial charge is 0.476 e. The van der Waals surface area contributed by atoms with Crippen molar-refractivity contribution in [1.29, 1.82) is 0 Å². The number of carboxylic acids is 1. The number of carbonyl (C=O) groups excluding carboxylic acids is 1. The van der Waals surface area contributed by atoms with Gasteiger partial charge in [0.05, 0.1) is 6.20 Å². The van der Waals surface area contributed by atoms with Gasteiger partial charge in [-0.25, -0.2) is 4.79 Å². The summed E-state index contributed by atoms with van der Waals surface area (Å²) in [7, 11) is 0. The summed E-state index contributed by atoms with van der Waals surface area (Å²) in [6.45, 7) is 3.23. The highest BCUT2D eigenvalue weighted by Crippen LogP contribution is 2.08. The lowest BCUT2D eigenvalue weighted by Crippen LogP contribution is -2.25. The van der Waals surface area contributed by atoms with E-state index in [1.54, 1.807) is 0 Å². The zero-order valence-electron chi connectivity index (χ0n) is 6.07. The first-order valence-corrected chi connectivity index (χ1v) is 3.07. The van der Waals surface area contributed by atoms with Crippen LogP contribution < -0.4 is 0 Å². The Morgan fingerprint density at radius 3 is 2.83 bits per heavy atom. The van der Waals surface area contributed by atoms with Gasteiger partial charge >= 0.3 is 5.97 Å². The minimum Gasteiger partial charge on any atom is -0.476 e. The summed E-state index contributed by atoms with van der Waals surface area (Å²) in [5.41, 5.74) is 4.44. The zero-order valence-corrected chi connectivity index (χ0v) is 6.07. The molecule has 0 bridgehead atoms. The molecule has 0 radical (unpaired) electrons. The second-order valence-corrected chi connectivity index (χ2v) is 1.96. The lowest BCUT2D eigenvalue weighted by molar-refractivity contribution is -0.136. The third kappa shape index (κ3) is 1.20. The normalized spacial score (nSPS) is 13.0. The van der Waals surface area contributed by atoms with Crippen LogP contribution in [0.5, 0.6) is 0 Å². The molecule has 0 atom stereocenters. The molecule has 0 saturated carbocycles. The van der Waals surface area contributed by atoms with E-state index in [0.29, 0.717) is 0 Å². The van der Waals surface area contributed by atoms with E-state index in [1.807, 2.05) is 0 Å². The predicted molar refractivity (Wildman–Crippen MR) is 39.8 cm³/mol. The molecule has 1 aliphatic heterocycles. The maximum absolute atomic E-state index is 10.9. The van der Waals surface area contributed by atoms with Crippen LogP contribution in [0.25, 0.3) is 0 Å². The summed E-state index contributed by atoms with van der Waals surface area (Å²) in [6.07, 6.45) is 2.22. The van der Waals surface area contributed by atoms with E-state index in [9.17, 15) is 9.59 Å². The third-order valence-corrected chi connectivity index (χ3v) is 1.24. The van der Waals surface area contributed by atoms with Gasteiger partial charge in [0, 0.05) is 0 Å². The van der Waals surface area contributed by atoms with Gasteiger partial charge in [0.25, 0.3) is 5.91 Å². The van der Waals surface area contributed by atoms with E-state index in [1.165, 1.54) is 6.20 Å². The van der Waals surface area contributed by atoms with Crippen LogP contribution >= 0.6 is 0 Å². The molecule has 0 aromatic carbocycles. The van der Waals surface area contributed by atoms with E-state index >= 15 is 0 Å². The van der Waals surface area contributed by atoms with Crippen molar-refractivity contribution in [3.63, 3.8) is 0 Å². The maximum Gasteiger partial charge on any atom is 0.361 e. The first-order chi connectivity index (χ1) is 5.66. The van der Waals surface area contributed by atoms with E-state index < -0.39 is 11.9 Å². The zero-order chi connectivity index (χ0) is 9.14. The molecule has 4 nitrogen and oxygen atoms in total. The van der Waals surface area contributed by atoms with Gasteiger partial charge in [-0.15, -0.1) is 0 Å². The van der Waals surface area contributed by atoms with Crippen LogP contribution in [-0.4, -0.2) is 21.9 Å². The van der Waals surface area contributed by atoms with Gasteiger partial charge in [-0.2, -0.15) is 0 Å². The van der Waals surface area contributed by atoms with Crippen molar-refractivity contribution in [2.24, 2.45) is 0 Å². The van der Waals surface area contributed by atoms with Gasteiger partial charge in [-0.05, 0) is 17.5 Å². The fourth-order valence-electron chi connectivity index (χ4n) is 0.719. The molecular weight excluding hydrogens is 158 g/mol. The van der Waals surface area contributed by atoms with Gasteiger partial charge < -0.3 is 5.11 Å². The molecule has 12 heavy (non-hydrogen) atoms. The van der Waals surface area contributed by atoms with E-state index in [2.05, 4.69) is 18.0 Å². The summed E-state index contributed by atoms with van der Waals surface area (Å²) < 4.78 is 0. The summed E-state index contributed by atoms with van der Waals surface area (Å²) in [5, 5.41) is 8.54. The molecule has 0 aromatic rings. The molecule has 1 amide bonds. The monoisotopic (exact) mass is 163 g/mol. The molecule has 1 aliphatic rings. The number of hydrogen-bond donors (Lipinski definition) is 1. The highest BCUT2D eigenvalue weighted by atomic mass is 16.4. The van der Waals surface area contributed by atoms with Crippen molar-refractivity contribution < 1.29 is 14.7 Å². The second-order valence-electron chi connectivity index (χ2n) is 1.96. The van der Waals surface area contributed by atoms with Crippen LogP contribution in [0.15, 0.2) is 36.0 Å². The van der Waals surface area contributed by atoms with Crippen LogP contribution in [0.1, 0.15) is 0 Å². The molecule has 0 spiro atoms. The fourth-order valence-corrected chi connectivity index (χ4v) is 0.719. The Hall–Kier alpha value is -2.02. The van der Waals surface area contributed by atoms with Crippen molar-refractivity contribution in [2.75, 3.05) is 0 Å². The summed E-state index contributed by atoms with van der Waals surface area (Å²) in [5.74, 6) is -1.73. The number of nitrogens with zero attached hydrogens (tertiary/aromatic N) is 1. The van der Waals surface area contributed by atoms with Crippen molar-refractivity contribution in [2.45, 2.75) is 0 Å². The van der Waals surface area contributed by atoms with Gasteiger partial charge in [0.2, 0.25) is 0 Å². The lowest BCUT2D eigenvalue weighted by atomic mass is 10.4. The van der Waals surface area contributed by atoms with Gasteiger partial charge in [0.1, 0.15) is 0 Å². The van der Waals surface area contributed by atoms with Crippen LogP contribution in [0.4, 0.5) is 0 Å². The van der Waals surface area contributed by atoms with E-state index in [4.69, 9.17) is 5.11 Å². The van der Waals surface area contributed by atoms with Crippen molar-refractivity contribution in [1.82, 2.24) is 4.90 Å². The lowest BCUT2D eigenvalue weighted by Gasteiger charge is -2.10. The van der Waals surface area contributed by atoms with Crippen LogP contribution in [0.2, 0.25) is 0 Å². The van der Waals surface area contributed by atoms with Crippen molar-refractivity contribution in [3.8, 4) is 0 Å². The Balaban J connectivity index is 2.97. The molecule has 1 heterocycles. The molecule has 0 aromatic heterocycles. The fraction of sp³-hybridized carbons (Fsp3) is 0. The maximum atomic E-state index is 10.9. The molecule has 1 N–H and O–H groups in total. The quantitative estimate of drug-likeness (QED) is 0.469. The Morgan fingerprint density at radius 2 is 2.33 bits per heavy atom. The van der Waals surface area contributed by atoms with Crippen molar-refractivity contribution >= 4 is 11.9 Å². The molecule has 1 rings (SSSR count). The van der Waals surface area contributed by atoms with Crippen LogP contribution in [-0.2, 0) is 9.59 Å². The first kappa shape index (κ1) is 8.08.